The zero-order chi connectivity index (χ0) is 38.4. The lowest BCUT2D eigenvalue weighted by molar-refractivity contribution is 0.662. The molecule has 0 bridgehead atoms. The first-order valence-electron chi connectivity index (χ1n) is 19.7. The van der Waals surface area contributed by atoms with Crippen LogP contribution in [0.5, 0.6) is 0 Å². The minimum Gasteiger partial charge on any atom is -0.456 e. The lowest BCUT2D eigenvalue weighted by atomic mass is 9.99. The third-order valence-corrected chi connectivity index (χ3v) is 11.2. The number of hydrogen-bond donors (Lipinski definition) is 0. The van der Waals surface area contributed by atoms with Crippen LogP contribution >= 0.6 is 0 Å². The van der Waals surface area contributed by atoms with Gasteiger partial charge in [-0.15, -0.1) is 0 Å². The van der Waals surface area contributed by atoms with Gasteiger partial charge in [-0.1, -0.05) is 146 Å². The zero-order valence-electron chi connectivity index (χ0n) is 31.6. The molecular formula is C53H36N4O. The molecule has 0 unspecified atom stereocenters. The maximum absolute atomic E-state index is 6.62. The van der Waals surface area contributed by atoms with Crippen molar-refractivity contribution in [2.75, 3.05) is 0 Å². The van der Waals surface area contributed by atoms with Gasteiger partial charge in [-0.3, -0.25) is 0 Å². The van der Waals surface area contributed by atoms with Gasteiger partial charge < -0.3 is 8.98 Å². The number of nitrogens with zero attached hydrogens (tertiary/aromatic N) is 4. The Hall–Kier alpha value is -7.63. The second kappa shape index (κ2) is 14.1. The molecule has 0 spiro atoms. The smallest absolute Gasteiger partial charge is 0.164 e. The number of aromatic nitrogens is 4. The molecule has 0 amide bonds. The molecule has 11 aromatic rings. The largest absolute Gasteiger partial charge is 0.456 e. The molecule has 8 aromatic carbocycles. The van der Waals surface area contributed by atoms with Crippen molar-refractivity contribution < 1.29 is 4.42 Å². The van der Waals surface area contributed by atoms with E-state index in [1.807, 2.05) is 60.7 Å². The minimum atomic E-state index is 0.658. The molecule has 0 aliphatic heterocycles. The van der Waals surface area contributed by atoms with Crippen molar-refractivity contribution in [2.45, 2.75) is 12.8 Å². The minimum absolute atomic E-state index is 0.658. The van der Waals surface area contributed by atoms with Crippen molar-refractivity contribution >= 4 is 43.7 Å². The summed E-state index contributed by atoms with van der Waals surface area (Å²) in [5, 5.41) is 4.75. The Morgan fingerprint density at radius 3 is 1.69 bits per heavy atom. The van der Waals surface area contributed by atoms with Crippen LogP contribution in [0.15, 0.2) is 199 Å². The summed E-state index contributed by atoms with van der Waals surface area (Å²) in [4.78, 5) is 14.8. The third-order valence-electron chi connectivity index (χ3n) is 11.2. The molecule has 0 aliphatic rings. The van der Waals surface area contributed by atoms with Crippen molar-refractivity contribution in [3.63, 3.8) is 0 Å². The van der Waals surface area contributed by atoms with E-state index in [4.69, 9.17) is 19.4 Å². The van der Waals surface area contributed by atoms with Gasteiger partial charge in [0.25, 0.3) is 0 Å². The number of hydrogen-bond acceptors (Lipinski definition) is 4. The van der Waals surface area contributed by atoms with Crippen molar-refractivity contribution in [1.82, 2.24) is 19.5 Å². The topological polar surface area (TPSA) is 56.7 Å². The van der Waals surface area contributed by atoms with Crippen LogP contribution in [0.4, 0.5) is 0 Å². The molecule has 5 nitrogen and oxygen atoms in total. The molecule has 5 heteroatoms. The van der Waals surface area contributed by atoms with E-state index < -0.39 is 0 Å². The first kappa shape index (κ1) is 33.7. The van der Waals surface area contributed by atoms with Crippen molar-refractivity contribution in [2.24, 2.45) is 0 Å². The fraction of sp³-hybridized carbons (Fsp3) is 0.0377. The van der Waals surface area contributed by atoms with Crippen molar-refractivity contribution in [3.8, 4) is 51.0 Å². The number of aryl methyl sites for hydroxylation is 2. The van der Waals surface area contributed by atoms with E-state index in [1.54, 1.807) is 0 Å². The molecule has 0 radical (unpaired) electrons. The quantitative estimate of drug-likeness (QED) is 0.155. The summed E-state index contributed by atoms with van der Waals surface area (Å²) in [5.41, 5.74) is 13.0. The average molecular weight is 745 g/mol. The standard InChI is InChI=1S/C53H36N4O/c1-4-15-37(16-5-1)51-54-52(38-17-6-2-7-18-38)56-53(55-51)41-20-12-14-35(32-41)26-27-36-19-13-24-44-46-34-40(29-31-49(46)58-50(36)44)39-28-30-48-45(33-39)43-23-10-11-25-47(43)57(48)42-21-8-3-9-22-42/h1-25,28-34H,26-27H2. The van der Waals surface area contributed by atoms with Gasteiger partial charge in [-0.05, 0) is 83.6 Å². The van der Waals surface area contributed by atoms with E-state index in [0.29, 0.717) is 17.5 Å². The Morgan fingerprint density at radius 2 is 0.948 bits per heavy atom. The highest BCUT2D eigenvalue weighted by Gasteiger charge is 2.17. The summed E-state index contributed by atoms with van der Waals surface area (Å²) < 4.78 is 8.97. The van der Waals surface area contributed by atoms with Crippen LogP contribution in [0.1, 0.15) is 11.1 Å². The van der Waals surface area contributed by atoms with E-state index in [0.717, 1.165) is 57.2 Å². The third kappa shape index (κ3) is 6.01. The second-order valence-corrected chi connectivity index (χ2v) is 14.8. The predicted octanol–water partition coefficient (Wildman–Crippen LogP) is 13.3. The molecule has 11 rings (SSSR count). The molecule has 3 aromatic heterocycles. The highest BCUT2D eigenvalue weighted by molar-refractivity contribution is 6.11. The number of rotatable bonds is 8. The van der Waals surface area contributed by atoms with Crippen LogP contribution in [0.25, 0.3) is 94.7 Å². The SMILES string of the molecule is c1ccc(-c2nc(-c3ccccc3)nc(-c3cccc(CCc4cccc5c4oc4ccc(-c6ccc7c(c6)c6ccccc6n7-c6ccccc6)cc45)c3)n2)cc1. The molecule has 0 fully saturated rings. The van der Waals surface area contributed by atoms with Gasteiger partial charge in [0.15, 0.2) is 17.5 Å². The molecule has 0 aliphatic carbocycles. The van der Waals surface area contributed by atoms with E-state index in [1.165, 1.54) is 44.1 Å². The normalized spacial score (nSPS) is 11.6. The van der Waals surface area contributed by atoms with Gasteiger partial charge in [0.05, 0.1) is 11.0 Å². The van der Waals surface area contributed by atoms with Gasteiger partial charge in [0, 0.05) is 43.9 Å². The van der Waals surface area contributed by atoms with Gasteiger partial charge in [0.2, 0.25) is 0 Å². The molecule has 0 N–H and O–H groups in total. The van der Waals surface area contributed by atoms with E-state index in [-0.39, 0.29) is 0 Å². The van der Waals surface area contributed by atoms with Crippen molar-refractivity contribution in [3.05, 3.63) is 205 Å². The molecular weight excluding hydrogens is 709 g/mol. The molecule has 0 atom stereocenters. The second-order valence-electron chi connectivity index (χ2n) is 14.8. The number of fused-ring (bicyclic) bond motifs is 6. The summed E-state index contributed by atoms with van der Waals surface area (Å²) in [6.07, 6.45) is 1.67. The van der Waals surface area contributed by atoms with Crippen LogP contribution in [0.2, 0.25) is 0 Å². The Labute approximate surface area is 335 Å². The van der Waals surface area contributed by atoms with Crippen LogP contribution in [-0.2, 0) is 12.8 Å². The first-order chi connectivity index (χ1) is 28.7. The molecule has 274 valence electrons. The molecule has 3 heterocycles. The van der Waals surface area contributed by atoms with Crippen LogP contribution in [-0.4, -0.2) is 19.5 Å². The average Bonchev–Trinajstić information content (AvgIpc) is 3.85. The summed E-state index contributed by atoms with van der Waals surface area (Å²) in [6.45, 7) is 0. The van der Waals surface area contributed by atoms with Gasteiger partial charge in [-0.25, -0.2) is 15.0 Å². The fourth-order valence-corrected chi connectivity index (χ4v) is 8.32. The van der Waals surface area contributed by atoms with Gasteiger partial charge in [0.1, 0.15) is 11.2 Å². The predicted molar refractivity (Wildman–Crippen MR) is 237 cm³/mol. The van der Waals surface area contributed by atoms with E-state index in [9.17, 15) is 0 Å². The Morgan fingerprint density at radius 1 is 0.379 bits per heavy atom. The highest BCUT2D eigenvalue weighted by Crippen LogP contribution is 2.38. The maximum atomic E-state index is 6.62. The lowest BCUT2D eigenvalue weighted by Gasteiger charge is -2.09. The Bertz CT molecular complexity index is 3220. The van der Waals surface area contributed by atoms with Gasteiger partial charge in [-0.2, -0.15) is 0 Å². The number of para-hydroxylation sites is 3. The van der Waals surface area contributed by atoms with Crippen molar-refractivity contribution in [1.29, 1.82) is 0 Å². The highest BCUT2D eigenvalue weighted by atomic mass is 16.3. The fourth-order valence-electron chi connectivity index (χ4n) is 8.32. The zero-order valence-corrected chi connectivity index (χ0v) is 31.6. The Balaban J connectivity index is 0.909. The number of furan rings is 1. The summed E-state index contributed by atoms with van der Waals surface area (Å²) >= 11 is 0. The van der Waals surface area contributed by atoms with E-state index >= 15 is 0 Å². The molecule has 58 heavy (non-hydrogen) atoms. The molecule has 0 saturated heterocycles. The summed E-state index contributed by atoms with van der Waals surface area (Å²) in [6, 6.07) is 68.0. The van der Waals surface area contributed by atoms with Crippen LogP contribution < -0.4 is 0 Å². The monoisotopic (exact) mass is 744 g/mol. The summed E-state index contributed by atoms with van der Waals surface area (Å²) in [5.74, 6) is 1.97. The summed E-state index contributed by atoms with van der Waals surface area (Å²) in [7, 11) is 0. The Kier molecular flexibility index (Phi) is 8.21. The first-order valence-corrected chi connectivity index (χ1v) is 19.7. The van der Waals surface area contributed by atoms with Crippen LogP contribution in [0, 0.1) is 0 Å². The van der Waals surface area contributed by atoms with Crippen LogP contribution in [0.3, 0.4) is 0 Å². The maximum Gasteiger partial charge on any atom is 0.164 e. The number of benzene rings is 8. The molecule has 0 saturated carbocycles. The lowest BCUT2D eigenvalue weighted by Crippen LogP contribution is -2.00. The van der Waals surface area contributed by atoms with E-state index in [2.05, 4.69) is 138 Å². The van der Waals surface area contributed by atoms with Gasteiger partial charge >= 0.3 is 0 Å².